The molecule has 0 aliphatic heterocycles. The summed E-state index contributed by atoms with van der Waals surface area (Å²) in [7, 11) is 0. The van der Waals surface area contributed by atoms with Gasteiger partial charge in [0.1, 0.15) is 0 Å². The molecule has 1 rings (SSSR count). The molecule has 70 valence electrons. The molecular formula is C10H12O3. The van der Waals surface area contributed by atoms with Crippen molar-refractivity contribution in [1.82, 2.24) is 0 Å². The lowest BCUT2D eigenvalue weighted by Crippen LogP contribution is -2.05. The molecular weight excluding hydrogens is 168 g/mol. The summed E-state index contributed by atoms with van der Waals surface area (Å²) >= 11 is 0. The van der Waals surface area contributed by atoms with E-state index in [9.17, 15) is 4.79 Å². The van der Waals surface area contributed by atoms with E-state index in [-0.39, 0.29) is 12.2 Å². The average molecular weight is 180 g/mol. The maximum Gasteiger partial charge on any atom is 0.336 e. The molecule has 1 aromatic carbocycles. The Morgan fingerprint density at radius 1 is 1.38 bits per heavy atom. The summed E-state index contributed by atoms with van der Waals surface area (Å²) in [6, 6.07) is 3.43. The average Bonchev–Trinajstić information content (AvgIpc) is 2.02. The van der Waals surface area contributed by atoms with E-state index in [0.29, 0.717) is 5.56 Å². The van der Waals surface area contributed by atoms with Gasteiger partial charge in [0, 0.05) is 0 Å². The number of aliphatic hydroxyl groups is 1. The molecule has 0 atom stereocenters. The highest BCUT2D eigenvalue weighted by Crippen LogP contribution is 2.16. The second kappa shape index (κ2) is 3.58. The quantitative estimate of drug-likeness (QED) is 0.725. The number of carboxylic acid groups (broad SMARTS) is 1. The van der Waals surface area contributed by atoms with E-state index >= 15 is 0 Å². The largest absolute Gasteiger partial charge is 0.478 e. The Bertz CT molecular complexity index is 342. The van der Waals surface area contributed by atoms with Crippen LogP contribution in [0.5, 0.6) is 0 Å². The fourth-order valence-corrected chi connectivity index (χ4v) is 1.40. The zero-order valence-corrected chi connectivity index (χ0v) is 7.66. The summed E-state index contributed by atoms with van der Waals surface area (Å²) in [5.74, 6) is -0.990. The van der Waals surface area contributed by atoms with Crippen molar-refractivity contribution in [2.75, 3.05) is 0 Å². The van der Waals surface area contributed by atoms with Gasteiger partial charge < -0.3 is 10.2 Å². The summed E-state index contributed by atoms with van der Waals surface area (Å²) < 4.78 is 0. The number of aliphatic hydroxyl groups excluding tert-OH is 1. The van der Waals surface area contributed by atoms with Crippen LogP contribution in [0, 0.1) is 13.8 Å². The molecule has 0 spiro atoms. The van der Waals surface area contributed by atoms with E-state index in [4.69, 9.17) is 10.2 Å². The normalized spacial score (nSPS) is 10.1. The highest BCUT2D eigenvalue weighted by atomic mass is 16.4. The van der Waals surface area contributed by atoms with E-state index in [0.717, 1.165) is 11.1 Å². The third-order valence-electron chi connectivity index (χ3n) is 2.01. The molecule has 13 heavy (non-hydrogen) atoms. The SMILES string of the molecule is Cc1cc(C)c(CO)c(C(=O)O)c1. The summed E-state index contributed by atoms with van der Waals surface area (Å²) in [5, 5.41) is 17.8. The van der Waals surface area contributed by atoms with Crippen LogP contribution in [-0.4, -0.2) is 16.2 Å². The standard InChI is InChI=1S/C10H12O3/c1-6-3-7(2)9(5-11)8(4-6)10(12)13/h3-4,11H,5H2,1-2H3,(H,12,13). The van der Waals surface area contributed by atoms with Gasteiger partial charge in [-0.05, 0) is 36.6 Å². The van der Waals surface area contributed by atoms with Gasteiger partial charge in [-0.3, -0.25) is 0 Å². The van der Waals surface area contributed by atoms with Crippen LogP contribution in [0.25, 0.3) is 0 Å². The first-order chi connectivity index (χ1) is 6.06. The van der Waals surface area contributed by atoms with E-state index in [1.807, 2.05) is 13.0 Å². The van der Waals surface area contributed by atoms with Crippen LogP contribution in [0.4, 0.5) is 0 Å². The van der Waals surface area contributed by atoms with E-state index < -0.39 is 5.97 Å². The number of hydrogen-bond acceptors (Lipinski definition) is 2. The minimum Gasteiger partial charge on any atom is -0.478 e. The molecule has 3 heteroatoms. The molecule has 0 fully saturated rings. The van der Waals surface area contributed by atoms with Crippen molar-refractivity contribution in [1.29, 1.82) is 0 Å². The Morgan fingerprint density at radius 2 is 2.00 bits per heavy atom. The molecule has 0 unspecified atom stereocenters. The van der Waals surface area contributed by atoms with Gasteiger partial charge in [-0.1, -0.05) is 6.07 Å². The van der Waals surface area contributed by atoms with Gasteiger partial charge in [0.15, 0.2) is 0 Å². The number of aromatic carboxylic acids is 1. The second-order valence-corrected chi connectivity index (χ2v) is 3.07. The summed E-state index contributed by atoms with van der Waals surface area (Å²) in [4.78, 5) is 10.8. The Balaban J connectivity index is 3.38. The molecule has 0 heterocycles. The molecule has 0 saturated heterocycles. The van der Waals surface area contributed by atoms with Crippen molar-refractivity contribution in [3.63, 3.8) is 0 Å². The highest BCUT2D eigenvalue weighted by molar-refractivity contribution is 5.90. The lowest BCUT2D eigenvalue weighted by atomic mass is 9.99. The molecule has 0 amide bonds. The number of benzene rings is 1. The van der Waals surface area contributed by atoms with Gasteiger partial charge in [-0.25, -0.2) is 4.79 Å². The lowest BCUT2D eigenvalue weighted by Gasteiger charge is -2.07. The Hall–Kier alpha value is -1.35. The minimum atomic E-state index is -0.990. The molecule has 0 radical (unpaired) electrons. The number of hydrogen-bond donors (Lipinski definition) is 2. The number of carbonyl (C=O) groups is 1. The molecule has 0 saturated carbocycles. The van der Waals surface area contributed by atoms with Crippen LogP contribution in [-0.2, 0) is 6.61 Å². The van der Waals surface area contributed by atoms with Crippen LogP contribution in [0.3, 0.4) is 0 Å². The molecule has 3 nitrogen and oxygen atoms in total. The van der Waals surface area contributed by atoms with Gasteiger partial charge in [-0.2, -0.15) is 0 Å². The predicted molar refractivity (Wildman–Crippen MR) is 48.8 cm³/mol. The Labute approximate surface area is 76.6 Å². The third-order valence-corrected chi connectivity index (χ3v) is 2.01. The lowest BCUT2D eigenvalue weighted by molar-refractivity contribution is 0.0693. The smallest absolute Gasteiger partial charge is 0.336 e. The van der Waals surface area contributed by atoms with Crippen molar-refractivity contribution >= 4 is 5.97 Å². The third kappa shape index (κ3) is 1.87. The van der Waals surface area contributed by atoms with E-state index in [1.54, 1.807) is 13.0 Å². The summed E-state index contributed by atoms with van der Waals surface area (Å²) in [5.41, 5.74) is 2.41. The Kier molecular flexibility index (Phi) is 2.68. The van der Waals surface area contributed by atoms with Crippen LogP contribution >= 0.6 is 0 Å². The van der Waals surface area contributed by atoms with Gasteiger partial charge in [0.05, 0.1) is 12.2 Å². The zero-order chi connectivity index (χ0) is 10.0. The molecule has 0 aliphatic carbocycles. The van der Waals surface area contributed by atoms with Crippen LogP contribution in [0.1, 0.15) is 27.0 Å². The van der Waals surface area contributed by atoms with Crippen LogP contribution in [0.15, 0.2) is 12.1 Å². The van der Waals surface area contributed by atoms with Crippen molar-refractivity contribution in [2.45, 2.75) is 20.5 Å². The van der Waals surface area contributed by atoms with Gasteiger partial charge >= 0.3 is 5.97 Å². The topological polar surface area (TPSA) is 57.5 Å². The zero-order valence-electron chi connectivity index (χ0n) is 7.66. The number of rotatable bonds is 2. The van der Waals surface area contributed by atoms with Crippen LogP contribution < -0.4 is 0 Å². The first-order valence-electron chi connectivity index (χ1n) is 4.00. The monoisotopic (exact) mass is 180 g/mol. The highest BCUT2D eigenvalue weighted by Gasteiger charge is 2.11. The van der Waals surface area contributed by atoms with Gasteiger partial charge in [0.2, 0.25) is 0 Å². The fraction of sp³-hybridized carbons (Fsp3) is 0.300. The van der Waals surface area contributed by atoms with Crippen molar-refractivity contribution < 1.29 is 15.0 Å². The van der Waals surface area contributed by atoms with Crippen molar-refractivity contribution in [2.24, 2.45) is 0 Å². The van der Waals surface area contributed by atoms with Gasteiger partial charge in [-0.15, -0.1) is 0 Å². The number of carboxylic acids is 1. The van der Waals surface area contributed by atoms with Crippen molar-refractivity contribution in [3.05, 3.63) is 34.4 Å². The minimum absolute atomic E-state index is 0.194. The van der Waals surface area contributed by atoms with Crippen molar-refractivity contribution in [3.8, 4) is 0 Å². The molecule has 1 aromatic rings. The molecule has 0 aliphatic rings. The predicted octanol–water partition coefficient (Wildman–Crippen LogP) is 1.49. The molecule has 0 aromatic heterocycles. The fourth-order valence-electron chi connectivity index (χ4n) is 1.40. The summed E-state index contributed by atoms with van der Waals surface area (Å²) in [6.45, 7) is 3.40. The van der Waals surface area contributed by atoms with E-state index in [2.05, 4.69) is 0 Å². The first kappa shape index (κ1) is 9.74. The summed E-state index contributed by atoms with van der Waals surface area (Å²) in [6.07, 6.45) is 0. The number of aryl methyl sites for hydroxylation is 2. The van der Waals surface area contributed by atoms with Gasteiger partial charge in [0.25, 0.3) is 0 Å². The molecule has 0 bridgehead atoms. The maximum absolute atomic E-state index is 10.8. The first-order valence-corrected chi connectivity index (χ1v) is 4.00. The second-order valence-electron chi connectivity index (χ2n) is 3.07. The maximum atomic E-state index is 10.8. The molecule has 2 N–H and O–H groups in total. The van der Waals surface area contributed by atoms with E-state index in [1.165, 1.54) is 0 Å². The van der Waals surface area contributed by atoms with Crippen LogP contribution in [0.2, 0.25) is 0 Å². The Morgan fingerprint density at radius 3 is 2.46 bits per heavy atom.